The maximum Gasteiger partial charge on any atom is 2.00 e. The first-order valence-corrected chi connectivity index (χ1v) is 34.3. The molecule has 0 fully saturated rings. The summed E-state index contributed by atoms with van der Waals surface area (Å²) in [5.74, 6) is 0. The fourth-order valence-electron chi connectivity index (χ4n) is 6.16. The van der Waals surface area contributed by atoms with E-state index in [4.69, 9.17) is 19.9 Å². The molecule has 4 heterocycles. The van der Waals surface area contributed by atoms with Crippen LogP contribution in [0, 0.1) is 0 Å². The van der Waals surface area contributed by atoms with E-state index in [0.29, 0.717) is 0 Å². The molecule has 0 amide bonds. The third kappa shape index (κ3) is 16.7. The fraction of sp³-hybridized carbons (Fsp3) is 0.250. The molecule has 0 bridgehead atoms. The molecule has 328 valence electrons. The standard InChI is InChI=1S/4C12H15N2Si.2Ni/c4*1-15(2,3)14-11-8-4-6-10-7-5-9-13-12(10)11;;/h4*4-9H,1-3H3;;/q4*-1;2*+2. The average Bonchev–Trinajstić information content (AvgIpc) is 3.17. The summed E-state index contributed by atoms with van der Waals surface area (Å²) in [6, 6.07) is 40.8. The largest absolute Gasteiger partial charge is 2.00 e. The van der Waals surface area contributed by atoms with E-state index in [1.54, 1.807) is 0 Å². The van der Waals surface area contributed by atoms with Crippen molar-refractivity contribution in [3.63, 3.8) is 0 Å². The van der Waals surface area contributed by atoms with Gasteiger partial charge in [0.05, 0.1) is 22.1 Å². The monoisotopic (exact) mass is 976 g/mol. The number of benzene rings is 4. The molecule has 0 unspecified atom stereocenters. The summed E-state index contributed by atoms with van der Waals surface area (Å²) < 4.78 is 0. The number of rotatable bonds is 8. The Hall–Kier alpha value is -4.43. The van der Waals surface area contributed by atoms with E-state index in [9.17, 15) is 0 Å². The third-order valence-corrected chi connectivity index (χ3v) is 11.9. The number of para-hydroxylation sites is 4. The van der Waals surface area contributed by atoms with Crippen molar-refractivity contribution in [2.24, 2.45) is 0 Å². The first-order chi connectivity index (χ1) is 28.2. The average molecular weight is 979 g/mol. The molecule has 62 heavy (non-hydrogen) atoms. The van der Waals surface area contributed by atoms with E-state index in [1.807, 2.05) is 97.6 Å². The molecule has 8 nitrogen and oxygen atoms in total. The van der Waals surface area contributed by atoms with E-state index in [1.165, 1.54) is 0 Å². The van der Waals surface area contributed by atoms with Crippen LogP contribution in [0.2, 0.25) is 78.6 Å². The first-order valence-electron chi connectivity index (χ1n) is 20.5. The van der Waals surface area contributed by atoms with Crippen LogP contribution in [0.15, 0.2) is 146 Å². The Kier molecular flexibility index (Phi) is 19.1. The molecule has 0 N–H and O–H groups in total. The summed E-state index contributed by atoms with van der Waals surface area (Å²) in [5, 5.41) is 4.66. The molecule has 0 saturated heterocycles. The van der Waals surface area contributed by atoms with Gasteiger partial charge in [-0.25, -0.2) is 0 Å². The molecule has 0 aliphatic rings. The minimum Gasteiger partial charge on any atom is -0.686 e. The molecular weight excluding hydrogens is 918 g/mol. The Morgan fingerprint density at radius 2 is 0.452 bits per heavy atom. The molecule has 4 aromatic heterocycles. The summed E-state index contributed by atoms with van der Waals surface area (Å²) in [5.41, 5.74) is 8.20. The number of hydrogen-bond acceptors (Lipinski definition) is 4. The van der Waals surface area contributed by atoms with Crippen LogP contribution in [-0.2, 0) is 33.0 Å². The zero-order chi connectivity index (χ0) is 43.6. The van der Waals surface area contributed by atoms with Gasteiger partial charge in [-0.15, -0.1) is 22.7 Å². The Balaban J connectivity index is 0.000000218. The molecule has 0 aliphatic carbocycles. The normalized spacial score (nSPS) is 11.3. The van der Waals surface area contributed by atoms with Gasteiger partial charge in [0.25, 0.3) is 0 Å². The van der Waals surface area contributed by atoms with Gasteiger partial charge in [0.2, 0.25) is 0 Å². The fourth-order valence-corrected chi connectivity index (χ4v) is 9.77. The SMILES string of the molecule is C[Si](C)(C)[N-]c1cccc2cccnc12.C[Si](C)(C)[N-]c1cccc2cccnc12.C[Si](C)(C)[N-]c1cccc2cccnc12.C[Si](C)(C)[N-]c1cccc2cccnc12.[Ni+2].[Ni+2]. The van der Waals surface area contributed by atoms with Crippen molar-refractivity contribution in [3.8, 4) is 0 Å². The minimum atomic E-state index is -1.43. The Bertz CT molecular complexity index is 2250. The van der Waals surface area contributed by atoms with Gasteiger partial charge in [-0.05, 0) is 78.8 Å². The van der Waals surface area contributed by atoms with Crippen molar-refractivity contribution in [2.45, 2.75) is 78.6 Å². The van der Waals surface area contributed by atoms with E-state index >= 15 is 0 Å². The number of hydrogen-bond donors (Lipinski definition) is 0. The number of fused-ring (bicyclic) bond motifs is 4. The van der Waals surface area contributed by atoms with Crippen molar-refractivity contribution in [2.75, 3.05) is 0 Å². The van der Waals surface area contributed by atoms with Gasteiger partial charge in [-0.1, -0.05) is 176 Å². The van der Waals surface area contributed by atoms with Crippen molar-refractivity contribution >= 4 is 99.3 Å². The van der Waals surface area contributed by atoms with Crippen molar-refractivity contribution in [1.82, 2.24) is 19.9 Å². The van der Waals surface area contributed by atoms with E-state index in [0.717, 1.165) is 66.4 Å². The first kappa shape index (κ1) is 51.9. The minimum absolute atomic E-state index is 0. The van der Waals surface area contributed by atoms with Crippen LogP contribution < -0.4 is 0 Å². The molecule has 0 atom stereocenters. The quantitative estimate of drug-likeness (QED) is 0.141. The predicted molar refractivity (Wildman–Crippen MR) is 272 cm³/mol. The predicted octanol–water partition coefficient (Wildman–Crippen LogP) is 16.3. The second-order valence-corrected chi connectivity index (χ2v) is 36.8. The Morgan fingerprint density at radius 1 is 0.274 bits per heavy atom. The summed E-state index contributed by atoms with van der Waals surface area (Å²) in [4.78, 5) is 36.8. The molecule has 4 aromatic carbocycles. The summed E-state index contributed by atoms with van der Waals surface area (Å²) >= 11 is 0. The van der Waals surface area contributed by atoms with E-state index in [2.05, 4.69) is 147 Å². The molecule has 0 radical (unpaired) electrons. The van der Waals surface area contributed by atoms with Crippen LogP contribution >= 0.6 is 0 Å². The molecule has 0 aliphatic heterocycles. The van der Waals surface area contributed by atoms with E-state index in [-0.39, 0.29) is 33.0 Å². The number of nitrogens with zero attached hydrogens (tertiary/aromatic N) is 8. The maximum absolute atomic E-state index is 4.80. The van der Waals surface area contributed by atoms with Gasteiger partial charge >= 0.3 is 33.0 Å². The second kappa shape index (κ2) is 22.8. The van der Waals surface area contributed by atoms with Gasteiger partial charge in [0, 0.05) is 24.8 Å². The Labute approximate surface area is 394 Å². The van der Waals surface area contributed by atoms with Gasteiger partial charge in [0.15, 0.2) is 0 Å². The molecule has 8 aromatic rings. The van der Waals surface area contributed by atoms with Crippen LogP contribution in [0.3, 0.4) is 0 Å². The van der Waals surface area contributed by atoms with Gasteiger partial charge < -0.3 is 19.9 Å². The van der Waals surface area contributed by atoms with Crippen LogP contribution in [0.4, 0.5) is 22.7 Å². The molecule has 0 saturated carbocycles. The molecular formula is C48H60N8Ni2Si4. The molecule has 0 spiro atoms. The Morgan fingerprint density at radius 3 is 0.629 bits per heavy atom. The van der Waals surface area contributed by atoms with Gasteiger partial charge in [-0.2, -0.15) is 0 Å². The smallest absolute Gasteiger partial charge is 0.686 e. The van der Waals surface area contributed by atoms with Crippen LogP contribution in [-0.4, -0.2) is 52.9 Å². The number of aromatic nitrogens is 4. The maximum atomic E-state index is 4.80. The zero-order valence-electron chi connectivity index (χ0n) is 38.1. The zero-order valence-corrected chi connectivity index (χ0v) is 44.0. The van der Waals surface area contributed by atoms with Crippen LogP contribution in [0.25, 0.3) is 63.5 Å². The summed E-state index contributed by atoms with van der Waals surface area (Å²) in [7, 11) is -5.72. The van der Waals surface area contributed by atoms with Crippen molar-refractivity contribution < 1.29 is 33.0 Å². The van der Waals surface area contributed by atoms with Crippen LogP contribution in [0.1, 0.15) is 0 Å². The third-order valence-electron chi connectivity index (χ3n) is 8.27. The number of pyridine rings is 4. The topological polar surface area (TPSA) is 108 Å². The van der Waals surface area contributed by atoms with Gasteiger partial charge in [-0.3, -0.25) is 19.9 Å². The van der Waals surface area contributed by atoms with Crippen LogP contribution in [0.5, 0.6) is 0 Å². The van der Waals surface area contributed by atoms with E-state index < -0.39 is 32.9 Å². The summed E-state index contributed by atoms with van der Waals surface area (Å²) in [6.07, 6.45) is 7.30. The van der Waals surface area contributed by atoms with Gasteiger partial charge in [0.1, 0.15) is 0 Å². The van der Waals surface area contributed by atoms with Crippen molar-refractivity contribution in [1.29, 1.82) is 0 Å². The molecule has 14 heteroatoms. The summed E-state index contributed by atoms with van der Waals surface area (Å²) in [6.45, 7) is 26.8. The second-order valence-electron chi connectivity index (χ2n) is 18.5. The molecule has 8 rings (SSSR count). The van der Waals surface area contributed by atoms with Crippen molar-refractivity contribution in [3.05, 3.63) is 166 Å².